The number of hydrogen-bond acceptors (Lipinski definition) is 3. The smallest absolute Gasteiger partial charge is 0.315 e. The molecule has 3 nitrogen and oxygen atoms in total. The second kappa shape index (κ2) is 4.84. The Kier molecular flexibility index (Phi) is 3.05. The summed E-state index contributed by atoms with van der Waals surface area (Å²) in [6.07, 6.45) is 9.94. The van der Waals surface area contributed by atoms with Gasteiger partial charge in [-0.05, 0) is 85.5 Å². The van der Waals surface area contributed by atoms with E-state index >= 15 is 0 Å². The van der Waals surface area contributed by atoms with E-state index < -0.39 is 0 Å². The number of allylic oxidation sites excluding steroid dienone is 1. The van der Waals surface area contributed by atoms with Gasteiger partial charge in [-0.2, -0.15) is 0 Å². The number of carbonyl (C=O) groups is 1. The zero-order chi connectivity index (χ0) is 15.8. The van der Waals surface area contributed by atoms with E-state index in [9.17, 15) is 9.90 Å². The van der Waals surface area contributed by atoms with Crippen molar-refractivity contribution in [3.8, 4) is 0 Å². The number of ether oxygens (including phenoxy) is 1. The predicted octanol–water partition coefficient (Wildman–Crippen LogP) is 3.81. The molecule has 0 radical (unpaired) electrons. The minimum atomic E-state index is -0.0762. The lowest BCUT2D eigenvalue weighted by molar-refractivity contribution is -0.136. The first-order valence-corrected chi connectivity index (χ1v) is 9.66. The maximum atomic E-state index is 11.6. The number of rotatable bonds is 0. The van der Waals surface area contributed by atoms with Crippen LogP contribution in [0, 0.1) is 35.0 Å². The molecule has 0 aromatic heterocycles. The summed E-state index contributed by atoms with van der Waals surface area (Å²) < 4.78 is 5.46. The fourth-order valence-electron chi connectivity index (χ4n) is 7.19. The Bertz CT molecular complexity index is 579. The average Bonchev–Trinajstić information content (AvgIpc) is 3.03. The maximum Gasteiger partial charge on any atom is 0.315 e. The molecule has 0 aromatic rings. The minimum absolute atomic E-state index is 0.0275. The van der Waals surface area contributed by atoms with Gasteiger partial charge in [-0.25, -0.2) is 0 Å². The first-order valence-electron chi connectivity index (χ1n) is 9.66. The van der Waals surface area contributed by atoms with Crippen LogP contribution in [0.15, 0.2) is 11.3 Å². The molecule has 0 spiro atoms. The summed E-state index contributed by atoms with van der Waals surface area (Å²) in [6, 6.07) is 0. The molecule has 5 rings (SSSR count). The van der Waals surface area contributed by atoms with Crippen molar-refractivity contribution in [2.45, 2.75) is 70.8 Å². The summed E-state index contributed by atoms with van der Waals surface area (Å²) in [7, 11) is 0. The van der Waals surface area contributed by atoms with Crippen LogP contribution >= 0.6 is 0 Å². The van der Waals surface area contributed by atoms with E-state index in [-0.39, 0.29) is 17.5 Å². The number of esters is 1. The lowest BCUT2D eigenvalue weighted by Gasteiger charge is -2.55. The quantitative estimate of drug-likeness (QED) is 0.691. The van der Waals surface area contributed by atoms with Crippen LogP contribution in [0.4, 0.5) is 0 Å². The van der Waals surface area contributed by atoms with Crippen molar-refractivity contribution in [3.05, 3.63) is 11.3 Å². The van der Waals surface area contributed by atoms with Crippen LogP contribution in [-0.2, 0) is 9.53 Å². The Morgan fingerprint density at radius 3 is 2.78 bits per heavy atom. The van der Waals surface area contributed by atoms with Crippen LogP contribution in [0.3, 0.4) is 0 Å². The van der Waals surface area contributed by atoms with E-state index in [1.165, 1.54) is 37.7 Å². The molecule has 126 valence electrons. The predicted molar refractivity (Wildman–Crippen MR) is 86.2 cm³/mol. The highest BCUT2D eigenvalue weighted by molar-refractivity contribution is 5.77. The van der Waals surface area contributed by atoms with Crippen LogP contribution in [0.25, 0.3) is 0 Å². The SMILES string of the molecule is C[C@]12CC[C@H]3[C@@H](CC[C@H]4CC5=C(CC(=O)O5)C[C@@H]43)[C@@H]1CC[C@@H]2O. The van der Waals surface area contributed by atoms with Gasteiger partial charge in [-0.15, -0.1) is 0 Å². The van der Waals surface area contributed by atoms with Crippen molar-refractivity contribution in [2.75, 3.05) is 0 Å². The summed E-state index contributed by atoms with van der Waals surface area (Å²) >= 11 is 0. The van der Waals surface area contributed by atoms with Gasteiger partial charge >= 0.3 is 5.97 Å². The van der Waals surface area contributed by atoms with Crippen molar-refractivity contribution >= 4 is 5.97 Å². The fourth-order valence-corrected chi connectivity index (χ4v) is 7.19. The molecule has 0 bridgehead atoms. The van der Waals surface area contributed by atoms with Gasteiger partial charge < -0.3 is 9.84 Å². The molecule has 0 unspecified atom stereocenters. The van der Waals surface area contributed by atoms with Crippen molar-refractivity contribution in [2.24, 2.45) is 35.0 Å². The zero-order valence-electron chi connectivity index (χ0n) is 14.1. The van der Waals surface area contributed by atoms with Gasteiger partial charge in [-0.3, -0.25) is 4.79 Å². The second-order valence-electron chi connectivity index (χ2n) is 9.16. The molecule has 1 aliphatic heterocycles. The first kappa shape index (κ1) is 14.5. The molecule has 5 aliphatic rings. The Balaban J connectivity index is 1.42. The Morgan fingerprint density at radius 2 is 1.91 bits per heavy atom. The molecule has 7 atom stereocenters. The third-order valence-electron chi connectivity index (χ3n) is 8.39. The number of hydrogen-bond donors (Lipinski definition) is 1. The highest BCUT2D eigenvalue weighted by Gasteiger charge is 2.57. The van der Waals surface area contributed by atoms with E-state index in [0.29, 0.717) is 6.42 Å². The molecule has 3 fully saturated rings. The largest absolute Gasteiger partial charge is 0.431 e. The summed E-state index contributed by atoms with van der Waals surface area (Å²) in [5, 5.41) is 10.5. The van der Waals surface area contributed by atoms with Crippen LogP contribution in [0.1, 0.15) is 64.7 Å². The third-order valence-corrected chi connectivity index (χ3v) is 8.39. The Hall–Kier alpha value is -0.830. The van der Waals surface area contributed by atoms with Crippen molar-refractivity contribution in [1.82, 2.24) is 0 Å². The van der Waals surface area contributed by atoms with Gasteiger partial charge in [0.2, 0.25) is 0 Å². The molecular formula is C20H28O3. The highest BCUT2D eigenvalue weighted by Crippen LogP contribution is 2.63. The molecular weight excluding hydrogens is 288 g/mol. The molecule has 23 heavy (non-hydrogen) atoms. The molecule has 3 heteroatoms. The molecule has 3 saturated carbocycles. The Labute approximate surface area is 138 Å². The normalized spacial score (nSPS) is 51.7. The first-order chi connectivity index (χ1) is 11.1. The third kappa shape index (κ3) is 1.95. The summed E-state index contributed by atoms with van der Waals surface area (Å²) in [6.45, 7) is 2.35. The standard InChI is InChI=1S/C20H28O3/c1-20-7-6-13-14(16(20)4-5-18(20)21)3-2-11-9-17-12(8-15(11)13)10-19(22)23-17/h11,13-16,18,21H,2-10H2,1H3/t11-,13-,14+,15-,16-,18-,20-/m0/s1. The average molecular weight is 316 g/mol. The highest BCUT2D eigenvalue weighted by atomic mass is 16.5. The topological polar surface area (TPSA) is 46.5 Å². The van der Waals surface area contributed by atoms with Gasteiger partial charge in [0, 0.05) is 6.42 Å². The van der Waals surface area contributed by atoms with Crippen molar-refractivity contribution in [3.63, 3.8) is 0 Å². The molecule has 0 aromatic carbocycles. The number of aliphatic hydroxyl groups excluding tert-OH is 1. The molecule has 1 N–H and O–H groups in total. The van der Waals surface area contributed by atoms with Crippen LogP contribution < -0.4 is 0 Å². The van der Waals surface area contributed by atoms with E-state index in [1.807, 2.05) is 0 Å². The fraction of sp³-hybridized carbons (Fsp3) is 0.850. The van der Waals surface area contributed by atoms with E-state index in [2.05, 4.69) is 6.92 Å². The monoisotopic (exact) mass is 316 g/mol. The van der Waals surface area contributed by atoms with Crippen LogP contribution in [0.2, 0.25) is 0 Å². The number of aliphatic hydroxyl groups is 1. The van der Waals surface area contributed by atoms with Gasteiger partial charge in [0.25, 0.3) is 0 Å². The van der Waals surface area contributed by atoms with Crippen LogP contribution in [0.5, 0.6) is 0 Å². The van der Waals surface area contributed by atoms with Gasteiger partial charge in [0.1, 0.15) is 5.76 Å². The lowest BCUT2D eigenvalue weighted by atomic mass is 9.50. The molecule has 1 heterocycles. The minimum Gasteiger partial charge on any atom is -0.431 e. The van der Waals surface area contributed by atoms with E-state index in [0.717, 1.165) is 54.6 Å². The Morgan fingerprint density at radius 1 is 1.04 bits per heavy atom. The van der Waals surface area contributed by atoms with Crippen molar-refractivity contribution in [1.29, 1.82) is 0 Å². The number of fused-ring (bicyclic) bond motifs is 5. The molecule has 0 saturated heterocycles. The summed E-state index contributed by atoms with van der Waals surface area (Å²) in [5.41, 5.74) is 1.50. The van der Waals surface area contributed by atoms with Gasteiger partial charge in [0.15, 0.2) is 0 Å². The summed E-state index contributed by atoms with van der Waals surface area (Å²) in [5.74, 6) is 4.87. The molecule has 4 aliphatic carbocycles. The number of carbonyl (C=O) groups excluding carboxylic acids is 1. The van der Waals surface area contributed by atoms with Crippen molar-refractivity contribution < 1.29 is 14.6 Å². The maximum absolute atomic E-state index is 11.6. The molecule has 0 amide bonds. The zero-order valence-corrected chi connectivity index (χ0v) is 14.1. The lowest BCUT2D eigenvalue weighted by Crippen LogP contribution is -2.49. The van der Waals surface area contributed by atoms with Gasteiger partial charge in [-0.1, -0.05) is 6.92 Å². The summed E-state index contributed by atoms with van der Waals surface area (Å²) in [4.78, 5) is 11.6. The van der Waals surface area contributed by atoms with E-state index in [1.54, 1.807) is 0 Å². The van der Waals surface area contributed by atoms with E-state index in [4.69, 9.17) is 4.74 Å². The van der Waals surface area contributed by atoms with Gasteiger partial charge in [0.05, 0.1) is 12.5 Å². The van der Waals surface area contributed by atoms with Crippen LogP contribution in [-0.4, -0.2) is 17.2 Å². The second-order valence-corrected chi connectivity index (χ2v) is 9.16.